The molecule has 0 aromatic rings. The fourth-order valence-electron chi connectivity index (χ4n) is 6.58. The standard InChI is InChI=1S/C42H85N/c1-9-11-13-15-17-19-21-23-25-27-29-31-38-43(39-32-30-28-26-24-22-20-18-16-14-12-10-2)40(3)34-37-42(7,8)36-33-35-41(4,5)6/h3,9-39H2,1-2,4-8H3. The van der Waals surface area contributed by atoms with Gasteiger partial charge in [0.1, 0.15) is 0 Å². The highest BCUT2D eigenvalue weighted by Crippen LogP contribution is 2.33. The Balaban J connectivity index is 4.33. The van der Waals surface area contributed by atoms with Gasteiger partial charge in [0.25, 0.3) is 0 Å². The maximum absolute atomic E-state index is 4.65. The van der Waals surface area contributed by atoms with Gasteiger partial charge >= 0.3 is 0 Å². The molecular weight excluding hydrogens is 518 g/mol. The minimum Gasteiger partial charge on any atom is -0.375 e. The molecule has 0 atom stereocenters. The molecule has 0 aliphatic heterocycles. The highest BCUT2D eigenvalue weighted by atomic mass is 15.1. The molecule has 0 fully saturated rings. The SMILES string of the molecule is C=C(CCC(C)(C)CCCC(C)(C)C)N(CCCCCCCCCCCCCC)CCCCCCCCCCCCCC. The third-order valence-electron chi connectivity index (χ3n) is 9.88. The summed E-state index contributed by atoms with van der Waals surface area (Å²) in [6, 6.07) is 0. The van der Waals surface area contributed by atoms with Crippen LogP contribution in [-0.2, 0) is 0 Å². The van der Waals surface area contributed by atoms with Gasteiger partial charge < -0.3 is 4.90 Å². The molecule has 0 rings (SSSR count). The minimum absolute atomic E-state index is 0.422. The molecule has 0 aromatic carbocycles. The molecule has 0 bridgehead atoms. The Hall–Kier alpha value is -0.460. The first kappa shape index (κ1) is 42.5. The topological polar surface area (TPSA) is 3.24 Å². The quantitative estimate of drug-likeness (QED) is 0.0674. The second-order valence-electron chi connectivity index (χ2n) is 16.4. The Morgan fingerprint density at radius 1 is 0.419 bits per heavy atom. The van der Waals surface area contributed by atoms with E-state index >= 15 is 0 Å². The Labute approximate surface area is 275 Å². The summed E-state index contributed by atoms with van der Waals surface area (Å²) in [5.41, 5.74) is 2.31. The van der Waals surface area contributed by atoms with Gasteiger partial charge in [-0.15, -0.1) is 0 Å². The van der Waals surface area contributed by atoms with E-state index in [9.17, 15) is 0 Å². The summed E-state index contributed by atoms with van der Waals surface area (Å²) in [5.74, 6) is 0. The molecule has 0 heterocycles. The van der Waals surface area contributed by atoms with Crippen molar-refractivity contribution in [3.8, 4) is 0 Å². The van der Waals surface area contributed by atoms with Crippen molar-refractivity contribution in [3.63, 3.8) is 0 Å². The van der Waals surface area contributed by atoms with Crippen molar-refractivity contribution < 1.29 is 0 Å². The summed E-state index contributed by atoms with van der Waals surface area (Å²) in [4.78, 5) is 2.71. The zero-order chi connectivity index (χ0) is 32.1. The van der Waals surface area contributed by atoms with E-state index in [2.05, 4.69) is 59.9 Å². The second kappa shape index (κ2) is 29.0. The Morgan fingerprint density at radius 3 is 1.07 bits per heavy atom. The average Bonchev–Trinajstić information content (AvgIpc) is 2.95. The lowest BCUT2D eigenvalue weighted by atomic mass is 9.79. The molecule has 0 amide bonds. The summed E-state index contributed by atoms with van der Waals surface area (Å²) in [6.45, 7) is 23.9. The highest BCUT2D eigenvalue weighted by Gasteiger charge is 2.20. The van der Waals surface area contributed by atoms with Crippen LogP contribution < -0.4 is 0 Å². The molecule has 1 nitrogen and oxygen atoms in total. The van der Waals surface area contributed by atoms with Gasteiger partial charge in [-0.2, -0.15) is 0 Å². The molecule has 0 saturated heterocycles. The number of allylic oxidation sites excluding steroid dienone is 1. The first-order chi connectivity index (χ1) is 20.6. The lowest BCUT2D eigenvalue weighted by molar-refractivity contribution is 0.248. The first-order valence-electron chi connectivity index (χ1n) is 20.0. The lowest BCUT2D eigenvalue weighted by Gasteiger charge is -2.31. The second-order valence-corrected chi connectivity index (χ2v) is 16.4. The third kappa shape index (κ3) is 31.3. The van der Waals surface area contributed by atoms with Crippen LogP contribution in [0.1, 0.15) is 235 Å². The molecule has 43 heavy (non-hydrogen) atoms. The molecule has 0 aromatic heterocycles. The van der Waals surface area contributed by atoms with Crippen molar-refractivity contribution in [3.05, 3.63) is 12.3 Å². The fraction of sp³-hybridized carbons (Fsp3) is 0.952. The van der Waals surface area contributed by atoms with Gasteiger partial charge in [0.2, 0.25) is 0 Å². The van der Waals surface area contributed by atoms with Crippen molar-refractivity contribution >= 4 is 0 Å². The van der Waals surface area contributed by atoms with Gasteiger partial charge in [-0.1, -0.05) is 203 Å². The summed E-state index contributed by atoms with van der Waals surface area (Å²) < 4.78 is 0. The monoisotopic (exact) mass is 604 g/mol. The molecular formula is C42H85N. The average molecular weight is 604 g/mol. The molecule has 0 aliphatic rings. The number of nitrogens with zero attached hydrogens (tertiary/aromatic N) is 1. The number of hydrogen-bond donors (Lipinski definition) is 0. The van der Waals surface area contributed by atoms with Gasteiger partial charge in [-0.3, -0.25) is 0 Å². The van der Waals surface area contributed by atoms with Crippen LogP contribution in [0.3, 0.4) is 0 Å². The van der Waals surface area contributed by atoms with E-state index in [1.54, 1.807) is 0 Å². The van der Waals surface area contributed by atoms with Crippen LogP contribution in [0.4, 0.5) is 0 Å². The maximum Gasteiger partial charge on any atom is 0.0174 e. The molecule has 0 spiro atoms. The zero-order valence-corrected chi connectivity index (χ0v) is 31.6. The molecule has 1 heteroatoms. The van der Waals surface area contributed by atoms with E-state index in [-0.39, 0.29) is 0 Å². The van der Waals surface area contributed by atoms with Gasteiger partial charge in [0, 0.05) is 18.8 Å². The Kier molecular flexibility index (Phi) is 28.7. The van der Waals surface area contributed by atoms with E-state index in [1.807, 2.05) is 0 Å². The van der Waals surface area contributed by atoms with E-state index in [1.165, 1.54) is 205 Å². The van der Waals surface area contributed by atoms with Crippen LogP contribution in [0, 0.1) is 10.8 Å². The van der Waals surface area contributed by atoms with Gasteiger partial charge in [0.15, 0.2) is 0 Å². The highest BCUT2D eigenvalue weighted by molar-refractivity contribution is 4.95. The van der Waals surface area contributed by atoms with Crippen molar-refractivity contribution in [2.24, 2.45) is 10.8 Å². The van der Waals surface area contributed by atoms with Crippen molar-refractivity contribution in [1.82, 2.24) is 4.90 Å². The number of hydrogen-bond acceptors (Lipinski definition) is 1. The van der Waals surface area contributed by atoms with E-state index in [0.717, 1.165) is 0 Å². The van der Waals surface area contributed by atoms with E-state index in [0.29, 0.717) is 10.8 Å². The Morgan fingerprint density at radius 2 is 0.744 bits per heavy atom. The third-order valence-corrected chi connectivity index (χ3v) is 9.88. The molecule has 0 N–H and O–H groups in total. The minimum atomic E-state index is 0.422. The van der Waals surface area contributed by atoms with E-state index < -0.39 is 0 Å². The van der Waals surface area contributed by atoms with Crippen LogP contribution >= 0.6 is 0 Å². The summed E-state index contributed by atoms with van der Waals surface area (Å²) in [5, 5.41) is 0. The van der Waals surface area contributed by atoms with E-state index in [4.69, 9.17) is 0 Å². The van der Waals surface area contributed by atoms with Crippen LogP contribution in [0.25, 0.3) is 0 Å². The summed E-state index contributed by atoms with van der Waals surface area (Å²) in [6.07, 6.45) is 40.8. The van der Waals surface area contributed by atoms with Crippen LogP contribution in [0.2, 0.25) is 0 Å². The summed E-state index contributed by atoms with van der Waals surface area (Å²) >= 11 is 0. The predicted octanol–water partition coefficient (Wildman–Crippen LogP) is 15.2. The lowest BCUT2D eigenvalue weighted by Crippen LogP contribution is -2.26. The van der Waals surface area contributed by atoms with Crippen molar-refractivity contribution in [2.75, 3.05) is 13.1 Å². The first-order valence-corrected chi connectivity index (χ1v) is 20.0. The normalized spacial score (nSPS) is 12.3. The maximum atomic E-state index is 4.65. The number of rotatable bonds is 33. The fourth-order valence-corrected chi connectivity index (χ4v) is 6.58. The smallest absolute Gasteiger partial charge is 0.0174 e. The summed E-state index contributed by atoms with van der Waals surface area (Å²) in [7, 11) is 0. The van der Waals surface area contributed by atoms with Crippen LogP contribution in [-0.4, -0.2) is 18.0 Å². The van der Waals surface area contributed by atoms with Gasteiger partial charge in [-0.05, 0) is 49.4 Å². The van der Waals surface area contributed by atoms with Crippen LogP contribution in [0.5, 0.6) is 0 Å². The molecule has 0 radical (unpaired) electrons. The molecule has 0 aliphatic carbocycles. The predicted molar refractivity (Wildman–Crippen MR) is 199 cm³/mol. The van der Waals surface area contributed by atoms with Crippen molar-refractivity contribution in [2.45, 2.75) is 235 Å². The number of unbranched alkanes of at least 4 members (excludes halogenated alkanes) is 22. The molecule has 258 valence electrons. The molecule has 0 saturated carbocycles. The van der Waals surface area contributed by atoms with Crippen molar-refractivity contribution in [1.29, 1.82) is 0 Å². The van der Waals surface area contributed by atoms with Crippen LogP contribution in [0.15, 0.2) is 12.3 Å². The molecule has 0 unspecified atom stereocenters. The zero-order valence-electron chi connectivity index (χ0n) is 31.6. The van der Waals surface area contributed by atoms with Gasteiger partial charge in [-0.25, -0.2) is 0 Å². The largest absolute Gasteiger partial charge is 0.375 e. The van der Waals surface area contributed by atoms with Gasteiger partial charge in [0.05, 0.1) is 0 Å². The Bertz CT molecular complexity index is 554.